The van der Waals surface area contributed by atoms with E-state index in [-0.39, 0.29) is 0 Å². The zero-order valence-corrected chi connectivity index (χ0v) is 9.25. The highest BCUT2D eigenvalue weighted by molar-refractivity contribution is 5.02. The van der Waals surface area contributed by atoms with Crippen LogP contribution in [-0.4, -0.2) is 16.5 Å². The lowest BCUT2D eigenvalue weighted by Crippen LogP contribution is -2.14. The Morgan fingerprint density at radius 2 is 2.21 bits per heavy atom. The van der Waals surface area contributed by atoms with Gasteiger partial charge in [-0.25, -0.2) is 9.97 Å². The Labute approximate surface area is 86.0 Å². The summed E-state index contributed by atoms with van der Waals surface area (Å²) in [6.07, 6.45) is 2.80. The molecule has 1 heterocycles. The molecule has 0 aliphatic rings. The summed E-state index contributed by atoms with van der Waals surface area (Å²) in [5.41, 5.74) is 1.08. The van der Waals surface area contributed by atoms with Gasteiger partial charge in [-0.2, -0.15) is 0 Å². The first-order valence-electron chi connectivity index (χ1n) is 5.24. The monoisotopic (exact) mass is 193 g/mol. The molecule has 3 heteroatoms. The van der Waals surface area contributed by atoms with E-state index in [9.17, 15) is 0 Å². The molecule has 3 nitrogen and oxygen atoms in total. The van der Waals surface area contributed by atoms with E-state index in [2.05, 4.69) is 36.1 Å². The zero-order chi connectivity index (χ0) is 10.4. The number of aromatic nitrogens is 2. The van der Waals surface area contributed by atoms with Gasteiger partial charge >= 0.3 is 0 Å². The molecule has 0 unspecified atom stereocenters. The Balaban J connectivity index is 2.59. The van der Waals surface area contributed by atoms with Gasteiger partial charge in [-0.3, -0.25) is 0 Å². The molecule has 14 heavy (non-hydrogen) atoms. The van der Waals surface area contributed by atoms with Gasteiger partial charge in [-0.1, -0.05) is 20.8 Å². The van der Waals surface area contributed by atoms with Crippen LogP contribution in [0.25, 0.3) is 0 Å². The summed E-state index contributed by atoms with van der Waals surface area (Å²) in [6.45, 7) is 8.27. The van der Waals surface area contributed by atoms with E-state index in [1.807, 2.05) is 12.3 Å². The van der Waals surface area contributed by atoms with Gasteiger partial charge in [0.1, 0.15) is 5.82 Å². The van der Waals surface area contributed by atoms with E-state index in [4.69, 9.17) is 0 Å². The van der Waals surface area contributed by atoms with Gasteiger partial charge in [-0.15, -0.1) is 0 Å². The van der Waals surface area contributed by atoms with Crippen LogP contribution in [0.5, 0.6) is 0 Å². The average Bonchev–Trinajstić information content (AvgIpc) is 2.14. The topological polar surface area (TPSA) is 37.8 Å². The van der Waals surface area contributed by atoms with Crippen molar-refractivity contribution in [1.29, 1.82) is 0 Å². The summed E-state index contributed by atoms with van der Waals surface area (Å²) in [6, 6.07) is 1.96. The van der Waals surface area contributed by atoms with Crippen molar-refractivity contribution >= 4 is 0 Å². The van der Waals surface area contributed by atoms with Crippen LogP contribution in [0, 0.1) is 5.92 Å². The molecule has 0 aliphatic heterocycles. The molecule has 78 valence electrons. The maximum absolute atomic E-state index is 4.48. The Bertz CT molecular complexity index is 271. The maximum atomic E-state index is 4.48. The summed E-state index contributed by atoms with van der Waals surface area (Å²) in [5, 5.41) is 3.25. The zero-order valence-electron chi connectivity index (χ0n) is 9.25. The summed E-state index contributed by atoms with van der Waals surface area (Å²) in [4.78, 5) is 8.73. The van der Waals surface area contributed by atoms with E-state index in [1.165, 1.54) is 0 Å². The van der Waals surface area contributed by atoms with E-state index < -0.39 is 0 Å². The second kappa shape index (κ2) is 5.70. The number of rotatable bonds is 5. The third kappa shape index (κ3) is 3.83. The van der Waals surface area contributed by atoms with Crippen LogP contribution < -0.4 is 5.32 Å². The molecule has 0 saturated heterocycles. The van der Waals surface area contributed by atoms with Gasteiger partial charge in [0.05, 0.1) is 5.69 Å². The molecule has 0 atom stereocenters. The third-order valence-electron chi connectivity index (χ3n) is 1.91. The number of hydrogen-bond acceptors (Lipinski definition) is 3. The van der Waals surface area contributed by atoms with E-state index in [1.54, 1.807) is 0 Å². The molecule has 0 aliphatic carbocycles. The Kier molecular flexibility index (Phi) is 4.53. The van der Waals surface area contributed by atoms with Crippen molar-refractivity contribution in [3.63, 3.8) is 0 Å². The van der Waals surface area contributed by atoms with Crippen LogP contribution in [0.15, 0.2) is 12.3 Å². The fraction of sp³-hybridized carbons (Fsp3) is 0.636. The van der Waals surface area contributed by atoms with Gasteiger partial charge in [0, 0.05) is 19.2 Å². The largest absolute Gasteiger partial charge is 0.311 e. The van der Waals surface area contributed by atoms with Crippen LogP contribution in [-0.2, 0) is 13.0 Å². The molecule has 0 aromatic carbocycles. The number of nitrogens with one attached hydrogen (secondary N) is 1. The van der Waals surface area contributed by atoms with Crippen molar-refractivity contribution < 1.29 is 0 Å². The molecule has 0 radical (unpaired) electrons. The highest BCUT2D eigenvalue weighted by Gasteiger charge is 2.01. The first kappa shape index (κ1) is 11.1. The second-order valence-electron chi connectivity index (χ2n) is 3.84. The number of hydrogen-bond donors (Lipinski definition) is 1. The molecule has 0 bridgehead atoms. The average molecular weight is 193 g/mol. The lowest BCUT2D eigenvalue weighted by molar-refractivity contribution is 0.612. The minimum atomic E-state index is 0.615. The van der Waals surface area contributed by atoms with Crippen LogP contribution in [0.3, 0.4) is 0 Å². The van der Waals surface area contributed by atoms with Crippen molar-refractivity contribution in [1.82, 2.24) is 15.3 Å². The lowest BCUT2D eigenvalue weighted by Gasteiger charge is -2.05. The standard InChI is InChI=1S/C11H19N3/c1-4-12-8-10-5-6-13-11(14-10)7-9(2)3/h5-6,9,12H,4,7-8H2,1-3H3. The van der Waals surface area contributed by atoms with Gasteiger partial charge < -0.3 is 5.32 Å². The Morgan fingerprint density at radius 3 is 2.86 bits per heavy atom. The van der Waals surface area contributed by atoms with Crippen LogP contribution in [0.1, 0.15) is 32.3 Å². The lowest BCUT2D eigenvalue weighted by atomic mass is 10.1. The number of nitrogens with zero attached hydrogens (tertiary/aromatic N) is 2. The van der Waals surface area contributed by atoms with Crippen molar-refractivity contribution in [2.24, 2.45) is 5.92 Å². The summed E-state index contributed by atoms with van der Waals surface area (Å²) in [7, 11) is 0. The fourth-order valence-electron chi connectivity index (χ4n) is 1.26. The Morgan fingerprint density at radius 1 is 1.43 bits per heavy atom. The molecular weight excluding hydrogens is 174 g/mol. The second-order valence-corrected chi connectivity index (χ2v) is 3.84. The quantitative estimate of drug-likeness (QED) is 0.774. The summed E-state index contributed by atoms with van der Waals surface area (Å²) in [5.74, 6) is 1.57. The van der Waals surface area contributed by atoms with Gasteiger partial charge in [0.15, 0.2) is 0 Å². The molecule has 1 rings (SSSR count). The van der Waals surface area contributed by atoms with Crippen molar-refractivity contribution in [2.45, 2.75) is 33.7 Å². The minimum absolute atomic E-state index is 0.615. The predicted molar refractivity (Wildman–Crippen MR) is 58.0 cm³/mol. The van der Waals surface area contributed by atoms with Gasteiger partial charge in [-0.05, 0) is 18.5 Å². The van der Waals surface area contributed by atoms with Crippen molar-refractivity contribution in [2.75, 3.05) is 6.54 Å². The van der Waals surface area contributed by atoms with E-state index >= 15 is 0 Å². The van der Waals surface area contributed by atoms with Gasteiger partial charge in [0.2, 0.25) is 0 Å². The molecule has 0 amide bonds. The molecule has 1 aromatic heterocycles. The van der Waals surface area contributed by atoms with Crippen LogP contribution in [0.2, 0.25) is 0 Å². The SMILES string of the molecule is CCNCc1ccnc(CC(C)C)n1. The van der Waals surface area contributed by atoms with Crippen molar-refractivity contribution in [3.05, 3.63) is 23.8 Å². The third-order valence-corrected chi connectivity index (χ3v) is 1.91. The highest BCUT2D eigenvalue weighted by atomic mass is 14.9. The summed E-state index contributed by atoms with van der Waals surface area (Å²) < 4.78 is 0. The summed E-state index contributed by atoms with van der Waals surface area (Å²) >= 11 is 0. The predicted octanol–water partition coefficient (Wildman–Crippen LogP) is 1.78. The Hall–Kier alpha value is -0.960. The van der Waals surface area contributed by atoms with E-state index in [0.29, 0.717) is 5.92 Å². The van der Waals surface area contributed by atoms with Gasteiger partial charge in [0.25, 0.3) is 0 Å². The molecule has 0 spiro atoms. The van der Waals surface area contributed by atoms with E-state index in [0.717, 1.165) is 31.0 Å². The molecule has 0 fully saturated rings. The fourth-order valence-corrected chi connectivity index (χ4v) is 1.26. The molecule has 1 N–H and O–H groups in total. The van der Waals surface area contributed by atoms with Crippen molar-refractivity contribution in [3.8, 4) is 0 Å². The first-order valence-corrected chi connectivity index (χ1v) is 5.24. The van der Waals surface area contributed by atoms with Crippen LogP contribution >= 0.6 is 0 Å². The maximum Gasteiger partial charge on any atom is 0.128 e. The molecule has 1 aromatic rings. The molecular formula is C11H19N3. The highest BCUT2D eigenvalue weighted by Crippen LogP contribution is 2.03. The first-order chi connectivity index (χ1) is 6.72. The smallest absolute Gasteiger partial charge is 0.128 e. The van der Waals surface area contributed by atoms with Crippen LogP contribution in [0.4, 0.5) is 0 Å². The normalized spacial score (nSPS) is 10.9. The minimum Gasteiger partial charge on any atom is -0.311 e. The molecule has 0 saturated carbocycles.